The van der Waals surface area contributed by atoms with Gasteiger partial charge in [-0.25, -0.2) is 0 Å². The topological polar surface area (TPSA) is 43.9 Å². The molecule has 1 radical (unpaired) electrons. The average molecular weight is 933 g/mol. The van der Waals surface area contributed by atoms with E-state index in [2.05, 4.69) is 143 Å². The predicted molar refractivity (Wildman–Crippen MR) is 234 cm³/mol. The summed E-state index contributed by atoms with van der Waals surface area (Å²) in [6, 6.07) is 43.6. The van der Waals surface area contributed by atoms with E-state index in [1.807, 2.05) is 42.5 Å². The Bertz CT molecular complexity index is 2670. The van der Waals surface area contributed by atoms with Crippen LogP contribution in [0.15, 0.2) is 132 Å². The molecule has 56 heavy (non-hydrogen) atoms. The maximum absolute atomic E-state index is 7.85. The molecule has 0 saturated heterocycles. The van der Waals surface area contributed by atoms with Gasteiger partial charge in [-0.2, -0.15) is 0 Å². The Balaban J connectivity index is 0.000000236. The van der Waals surface area contributed by atoms with E-state index in [0.29, 0.717) is 28.3 Å². The quantitative estimate of drug-likeness (QED) is 0.118. The molecule has 0 unspecified atom stereocenters. The number of imidazole rings is 1. The molecule has 4 nitrogen and oxygen atoms in total. The molecule has 3 aromatic heterocycles. The van der Waals surface area contributed by atoms with E-state index in [0.717, 1.165) is 45.5 Å². The van der Waals surface area contributed by atoms with Gasteiger partial charge in [0, 0.05) is 47.9 Å². The molecule has 5 aromatic carbocycles. The zero-order chi connectivity index (χ0) is 41.4. The second-order valence-electron chi connectivity index (χ2n) is 16.8. The standard InChI is InChI=1S/C32H27N2O.C18H24NSi.Ir/c1-21-9-18-30-26(19-21)27(20-35-30)31-33-28-7-5-6-8-29(28)34(31)25-16-12-23(13-17-25)22-10-14-24(15-11-22)32(2,3)4;1-14(2)11-16-12-17(15-9-7-6-8-10-15)19-13-18(16)20(3,4)5;/h5-19H,1-4H3;6-9,12-14H,11H2,1-5H3;/q2*-1;/i1D3;;. The van der Waals surface area contributed by atoms with E-state index in [1.54, 1.807) is 18.2 Å². The molecule has 0 saturated carbocycles. The fourth-order valence-electron chi connectivity index (χ4n) is 7.04. The Labute approximate surface area is 351 Å². The first-order valence-electron chi connectivity index (χ1n) is 20.6. The van der Waals surface area contributed by atoms with Gasteiger partial charge in [0.2, 0.25) is 0 Å². The van der Waals surface area contributed by atoms with E-state index in [-0.39, 0.29) is 31.1 Å². The van der Waals surface area contributed by atoms with Gasteiger partial charge in [0.15, 0.2) is 0 Å². The fraction of sp³-hybridized carbons (Fsp3) is 0.240. The van der Waals surface area contributed by atoms with Crippen LogP contribution in [0.25, 0.3) is 61.5 Å². The molecule has 3 heterocycles. The molecule has 8 rings (SSSR count). The van der Waals surface area contributed by atoms with Gasteiger partial charge in [0.05, 0.1) is 24.9 Å². The van der Waals surface area contributed by atoms with Crippen molar-refractivity contribution in [3.05, 3.63) is 157 Å². The van der Waals surface area contributed by atoms with Crippen LogP contribution in [0.3, 0.4) is 0 Å². The molecule has 6 heteroatoms. The summed E-state index contributed by atoms with van der Waals surface area (Å²) < 4.78 is 31.3. The molecule has 0 amide bonds. The monoisotopic (exact) mass is 933 g/mol. The van der Waals surface area contributed by atoms with E-state index in [9.17, 15) is 0 Å². The largest absolute Gasteiger partial charge is 0.557 e. The first-order valence-corrected chi connectivity index (χ1v) is 22.6. The van der Waals surface area contributed by atoms with Crippen LogP contribution in [0, 0.1) is 25.1 Å². The molecule has 0 spiro atoms. The molecule has 0 N–H and O–H groups in total. The third kappa shape index (κ3) is 8.89. The summed E-state index contributed by atoms with van der Waals surface area (Å²) in [6.45, 7) is 16.2. The van der Waals surface area contributed by atoms with E-state index >= 15 is 0 Å². The Kier molecular flexibility index (Phi) is 11.0. The van der Waals surface area contributed by atoms with Gasteiger partial charge < -0.3 is 14.0 Å². The third-order valence-corrected chi connectivity index (χ3v) is 12.0. The fourth-order valence-corrected chi connectivity index (χ4v) is 8.63. The smallest absolute Gasteiger partial charge is 0.0798 e. The molecule has 0 bridgehead atoms. The van der Waals surface area contributed by atoms with Gasteiger partial charge in [-0.05, 0) is 76.4 Å². The zero-order valence-corrected chi connectivity index (χ0v) is 36.9. The molecule has 8 aromatic rings. The number of para-hydroxylation sites is 2. The Morgan fingerprint density at radius 1 is 0.839 bits per heavy atom. The van der Waals surface area contributed by atoms with Gasteiger partial charge in [-0.3, -0.25) is 4.98 Å². The number of hydrogen-bond acceptors (Lipinski definition) is 3. The summed E-state index contributed by atoms with van der Waals surface area (Å²) >= 11 is 0. The van der Waals surface area contributed by atoms with Gasteiger partial charge >= 0.3 is 0 Å². The van der Waals surface area contributed by atoms with Crippen LogP contribution in [-0.4, -0.2) is 22.6 Å². The molecular formula is C50H51IrN3OSi-2. The number of benzene rings is 5. The van der Waals surface area contributed by atoms with Crippen LogP contribution < -0.4 is 5.19 Å². The second-order valence-corrected chi connectivity index (χ2v) is 21.8. The first-order chi connectivity index (χ1) is 27.5. The van der Waals surface area contributed by atoms with Crippen LogP contribution in [0.5, 0.6) is 0 Å². The Morgan fingerprint density at radius 2 is 1.54 bits per heavy atom. The van der Waals surface area contributed by atoms with Crippen molar-refractivity contribution >= 4 is 35.3 Å². The molecule has 0 aliphatic carbocycles. The summed E-state index contributed by atoms with van der Waals surface area (Å²) in [7, 11) is -1.34. The maximum Gasteiger partial charge on any atom is 0.0798 e. The van der Waals surface area contributed by atoms with E-state index in [4.69, 9.17) is 13.5 Å². The van der Waals surface area contributed by atoms with Crippen molar-refractivity contribution in [2.45, 2.75) is 72.9 Å². The van der Waals surface area contributed by atoms with Crippen LogP contribution in [0.4, 0.5) is 0 Å². The minimum Gasteiger partial charge on any atom is -0.557 e. The van der Waals surface area contributed by atoms with Crippen LogP contribution >= 0.6 is 0 Å². The van der Waals surface area contributed by atoms with Crippen molar-refractivity contribution < 1.29 is 28.6 Å². The van der Waals surface area contributed by atoms with Crippen LogP contribution in [0.2, 0.25) is 19.6 Å². The second kappa shape index (κ2) is 16.7. The van der Waals surface area contributed by atoms with Gasteiger partial charge in [0.1, 0.15) is 0 Å². The van der Waals surface area contributed by atoms with Gasteiger partial charge in [-0.15, -0.1) is 35.9 Å². The van der Waals surface area contributed by atoms with Crippen LogP contribution in [0.1, 0.15) is 55.4 Å². The van der Waals surface area contributed by atoms with Crippen molar-refractivity contribution in [1.82, 2.24) is 14.5 Å². The number of aromatic nitrogens is 3. The average Bonchev–Trinajstić information content (AvgIpc) is 3.79. The molecule has 287 valence electrons. The number of pyridine rings is 1. The summed E-state index contributed by atoms with van der Waals surface area (Å²) in [5.41, 5.74) is 11.5. The predicted octanol–water partition coefficient (Wildman–Crippen LogP) is 12.8. The van der Waals surface area contributed by atoms with Crippen molar-refractivity contribution in [1.29, 1.82) is 0 Å². The normalized spacial score (nSPS) is 12.8. The zero-order valence-electron chi connectivity index (χ0n) is 36.5. The summed E-state index contributed by atoms with van der Waals surface area (Å²) in [4.78, 5) is 9.60. The number of aryl methyl sites for hydroxylation is 1. The van der Waals surface area contributed by atoms with E-state index in [1.165, 1.54) is 16.3 Å². The Morgan fingerprint density at radius 3 is 2.18 bits per heavy atom. The first kappa shape index (κ1) is 36.7. The van der Waals surface area contributed by atoms with Crippen molar-refractivity contribution in [3.8, 4) is 39.5 Å². The van der Waals surface area contributed by atoms with Crippen molar-refractivity contribution in [2.24, 2.45) is 5.92 Å². The number of fused-ring (bicyclic) bond motifs is 2. The van der Waals surface area contributed by atoms with Gasteiger partial charge in [-0.1, -0.05) is 149 Å². The number of rotatable bonds is 7. The number of nitrogens with zero attached hydrogens (tertiary/aromatic N) is 3. The maximum atomic E-state index is 7.85. The van der Waals surface area contributed by atoms with Crippen molar-refractivity contribution in [2.75, 3.05) is 0 Å². The van der Waals surface area contributed by atoms with Gasteiger partial charge in [0.25, 0.3) is 0 Å². The molecule has 0 fully saturated rings. The molecule has 0 atom stereocenters. The summed E-state index contributed by atoms with van der Waals surface area (Å²) in [5.74, 6) is 1.31. The minimum atomic E-state index is -2.22. The van der Waals surface area contributed by atoms with Crippen LogP contribution in [-0.2, 0) is 31.9 Å². The summed E-state index contributed by atoms with van der Waals surface area (Å²) in [5, 5.41) is 2.16. The minimum absolute atomic E-state index is 0. The molecule has 0 aliphatic rings. The number of furan rings is 1. The van der Waals surface area contributed by atoms with Crippen molar-refractivity contribution in [3.63, 3.8) is 0 Å². The molecular weight excluding hydrogens is 879 g/mol. The Hall–Kier alpha value is -4.87. The van der Waals surface area contributed by atoms with E-state index < -0.39 is 14.9 Å². The number of hydrogen-bond donors (Lipinski definition) is 0. The third-order valence-electron chi connectivity index (χ3n) is 9.92. The SMILES string of the molecule is CC(C)Cc1cc(-c2[c-]cccc2)ncc1[Si](C)(C)C.[2H]C([2H])([2H])c1ccc2o[c-]c(-c3nc4ccccc4n3-c3ccc(-c4ccc(C(C)(C)C)cc4)cc3)c2c1.[Ir]. The summed E-state index contributed by atoms with van der Waals surface area (Å²) in [6.07, 6.45) is 6.23. The molecule has 0 aliphatic heterocycles.